The monoisotopic (exact) mass is 528 g/mol. The average Bonchev–Trinajstić information content (AvgIpc) is 3.31. The second-order valence-corrected chi connectivity index (χ2v) is 8.66. The number of carbonyl (C=O) groups is 1. The average molecular weight is 529 g/mol. The van der Waals surface area contributed by atoms with Gasteiger partial charge in [0.2, 0.25) is 0 Å². The Morgan fingerprint density at radius 3 is 2.65 bits per heavy atom. The molecule has 1 unspecified atom stereocenters. The number of amidine groups is 1. The van der Waals surface area contributed by atoms with Crippen LogP contribution in [0.4, 0.5) is 23.2 Å². The van der Waals surface area contributed by atoms with E-state index in [1.165, 1.54) is 12.3 Å². The van der Waals surface area contributed by atoms with Crippen molar-refractivity contribution in [3.05, 3.63) is 99.9 Å². The molecule has 0 radical (unpaired) electrons. The summed E-state index contributed by atoms with van der Waals surface area (Å²) in [7, 11) is 0. The number of pyridine rings is 1. The first-order chi connectivity index (χ1) is 17.6. The van der Waals surface area contributed by atoms with Crippen LogP contribution in [0.1, 0.15) is 29.7 Å². The molecular formula is C25H17ClF4N6O. The van der Waals surface area contributed by atoms with Crippen LogP contribution in [0.5, 0.6) is 0 Å². The Bertz CT molecular complexity index is 1590. The largest absolute Gasteiger partial charge is 0.416 e. The van der Waals surface area contributed by atoms with Crippen molar-refractivity contribution in [3.63, 3.8) is 0 Å². The first-order valence-corrected chi connectivity index (χ1v) is 11.3. The van der Waals surface area contributed by atoms with Crippen LogP contribution < -0.4 is 10.6 Å². The van der Waals surface area contributed by atoms with Gasteiger partial charge in [0.15, 0.2) is 0 Å². The lowest BCUT2D eigenvalue weighted by atomic mass is 9.93. The van der Waals surface area contributed by atoms with Crippen molar-refractivity contribution in [2.24, 2.45) is 4.99 Å². The molecule has 0 saturated heterocycles. The summed E-state index contributed by atoms with van der Waals surface area (Å²) in [6, 6.07) is 9.12. The summed E-state index contributed by atoms with van der Waals surface area (Å²) in [5.74, 6) is -1.49. The normalized spacial score (nSPS) is 15.9. The number of carbonyl (C=O) groups excluding carboxylic acids is 1. The molecule has 1 amide bonds. The van der Waals surface area contributed by atoms with Crippen LogP contribution in [0, 0.1) is 5.82 Å². The van der Waals surface area contributed by atoms with Gasteiger partial charge in [0.25, 0.3) is 5.91 Å². The number of allylic oxidation sites excluding steroid dienone is 1. The van der Waals surface area contributed by atoms with Gasteiger partial charge in [-0.05, 0) is 49.4 Å². The number of nitrogens with zero attached hydrogens (tertiary/aromatic N) is 3. The van der Waals surface area contributed by atoms with Gasteiger partial charge in [0.05, 0.1) is 22.9 Å². The number of fused-ring (bicyclic) bond motifs is 1. The fourth-order valence-corrected chi connectivity index (χ4v) is 4.21. The summed E-state index contributed by atoms with van der Waals surface area (Å²) in [5, 5.41) is 13.5. The lowest BCUT2D eigenvalue weighted by Gasteiger charge is -2.27. The van der Waals surface area contributed by atoms with Crippen LogP contribution in [-0.2, 0) is 11.0 Å². The van der Waals surface area contributed by atoms with E-state index in [2.05, 4.69) is 30.8 Å². The van der Waals surface area contributed by atoms with Crippen molar-refractivity contribution in [1.29, 1.82) is 0 Å². The summed E-state index contributed by atoms with van der Waals surface area (Å²) in [4.78, 5) is 21.9. The van der Waals surface area contributed by atoms with E-state index in [0.717, 1.165) is 23.0 Å². The highest BCUT2D eigenvalue weighted by Crippen LogP contribution is 2.37. The van der Waals surface area contributed by atoms with Crippen molar-refractivity contribution in [2.45, 2.75) is 19.1 Å². The Balaban J connectivity index is 1.57. The molecule has 0 fully saturated rings. The van der Waals surface area contributed by atoms with Gasteiger partial charge < -0.3 is 10.6 Å². The van der Waals surface area contributed by atoms with E-state index < -0.39 is 29.5 Å². The fraction of sp³-hybridized carbons (Fsp3) is 0.120. The highest BCUT2D eigenvalue weighted by molar-refractivity contribution is 6.29. The van der Waals surface area contributed by atoms with E-state index in [0.29, 0.717) is 23.0 Å². The number of H-pyrrole nitrogens is 1. The minimum atomic E-state index is -4.73. The standard InChI is InChI=1S/C25H17ClF4N6O/c1-12-21(24(37)34-16-3-5-19-14(8-16)11-32-36-19)22(17-4-2-15(10-18(17)27)25(28,29)30)35-23(33-12)13-6-7-31-20(26)9-13/h2-11,22H,1H3,(H,32,36)(H,33,35)(H,34,37). The van der Waals surface area contributed by atoms with Crippen LogP contribution in [0.2, 0.25) is 5.15 Å². The second kappa shape index (κ2) is 9.32. The number of hydrogen-bond acceptors (Lipinski definition) is 5. The zero-order valence-electron chi connectivity index (χ0n) is 19.0. The SMILES string of the molecule is CC1=C(C(=O)Nc2ccc3[nH]ncc3c2)C(c2ccc(C(F)(F)F)cc2F)N=C(c2ccnc(Cl)c2)N1. The molecule has 3 heterocycles. The summed E-state index contributed by atoms with van der Waals surface area (Å²) in [6.07, 6.45) is -1.69. The number of amides is 1. The van der Waals surface area contributed by atoms with Crippen molar-refractivity contribution in [1.82, 2.24) is 20.5 Å². The molecule has 5 rings (SSSR count). The smallest absolute Gasteiger partial charge is 0.343 e. The molecule has 0 bridgehead atoms. The van der Waals surface area contributed by atoms with Crippen LogP contribution >= 0.6 is 11.6 Å². The van der Waals surface area contributed by atoms with Crippen molar-refractivity contribution in [3.8, 4) is 0 Å². The predicted octanol–water partition coefficient (Wildman–Crippen LogP) is 5.77. The molecule has 12 heteroatoms. The third-order valence-corrected chi connectivity index (χ3v) is 6.01. The Morgan fingerprint density at radius 2 is 1.92 bits per heavy atom. The molecule has 2 aromatic carbocycles. The number of benzene rings is 2. The first kappa shape index (κ1) is 24.4. The Morgan fingerprint density at radius 1 is 1.11 bits per heavy atom. The molecule has 4 aromatic rings. The maximum Gasteiger partial charge on any atom is 0.416 e. The van der Waals surface area contributed by atoms with Gasteiger partial charge in [-0.2, -0.15) is 18.3 Å². The molecule has 7 nitrogen and oxygen atoms in total. The van der Waals surface area contributed by atoms with Crippen LogP contribution in [-0.4, -0.2) is 26.9 Å². The van der Waals surface area contributed by atoms with E-state index in [4.69, 9.17) is 11.6 Å². The quantitative estimate of drug-likeness (QED) is 0.231. The molecule has 0 saturated carbocycles. The third-order valence-electron chi connectivity index (χ3n) is 5.81. The van der Waals surface area contributed by atoms with E-state index in [9.17, 15) is 18.0 Å². The minimum absolute atomic E-state index is 0.0369. The second-order valence-electron chi connectivity index (χ2n) is 8.27. The molecule has 37 heavy (non-hydrogen) atoms. The highest BCUT2D eigenvalue weighted by atomic mass is 35.5. The number of nitrogens with one attached hydrogen (secondary N) is 3. The number of rotatable bonds is 4. The highest BCUT2D eigenvalue weighted by Gasteiger charge is 2.35. The van der Waals surface area contributed by atoms with Gasteiger partial charge in [-0.3, -0.25) is 14.9 Å². The molecule has 1 aliphatic heterocycles. The number of halogens is 5. The third kappa shape index (κ3) is 4.90. The first-order valence-electron chi connectivity index (χ1n) is 10.9. The predicted molar refractivity (Wildman–Crippen MR) is 130 cm³/mol. The fourth-order valence-electron chi connectivity index (χ4n) is 4.04. The van der Waals surface area contributed by atoms with Gasteiger partial charge in [-0.1, -0.05) is 17.7 Å². The number of aromatic amines is 1. The van der Waals surface area contributed by atoms with E-state index in [-0.39, 0.29) is 22.1 Å². The van der Waals surface area contributed by atoms with Crippen LogP contribution in [0.3, 0.4) is 0 Å². The lowest BCUT2D eigenvalue weighted by Crippen LogP contribution is -2.34. The van der Waals surface area contributed by atoms with Crippen molar-refractivity contribution in [2.75, 3.05) is 5.32 Å². The molecule has 1 atom stereocenters. The number of alkyl halides is 3. The van der Waals surface area contributed by atoms with Gasteiger partial charge in [0, 0.05) is 34.1 Å². The number of hydrogen-bond donors (Lipinski definition) is 3. The molecule has 2 aromatic heterocycles. The maximum atomic E-state index is 15.1. The van der Waals surface area contributed by atoms with Gasteiger partial charge >= 0.3 is 6.18 Å². The lowest BCUT2D eigenvalue weighted by molar-refractivity contribution is -0.137. The van der Waals surface area contributed by atoms with Gasteiger partial charge in [0.1, 0.15) is 22.8 Å². The summed E-state index contributed by atoms with van der Waals surface area (Å²) >= 11 is 6.00. The van der Waals surface area contributed by atoms with Crippen LogP contribution in [0.15, 0.2) is 77.2 Å². The van der Waals surface area contributed by atoms with E-state index in [1.54, 1.807) is 37.4 Å². The topological polar surface area (TPSA) is 95.1 Å². The number of aliphatic imine (C=N–C) groups is 1. The molecular weight excluding hydrogens is 512 g/mol. The van der Waals surface area contributed by atoms with Gasteiger partial charge in [-0.15, -0.1) is 0 Å². The molecule has 3 N–H and O–H groups in total. The van der Waals surface area contributed by atoms with Gasteiger partial charge in [-0.25, -0.2) is 9.37 Å². The van der Waals surface area contributed by atoms with Crippen LogP contribution in [0.25, 0.3) is 10.9 Å². The maximum absolute atomic E-state index is 15.1. The van der Waals surface area contributed by atoms with Crippen molar-refractivity contribution >= 4 is 39.9 Å². The molecule has 188 valence electrons. The zero-order chi connectivity index (χ0) is 26.3. The molecule has 0 aliphatic carbocycles. The zero-order valence-corrected chi connectivity index (χ0v) is 19.7. The Labute approximate surface area is 212 Å². The molecule has 1 aliphatic rings. The van der Waals surface area contributed by atoms with E-state index >= 15 is 4.39 Å². The minimum Gasteiger partial charge on any atom is -0.343 e. The van der Waals surface area contributed by atoms with Crippen molar-refractivity contribution < 1.29 is 22.4 Å². The Hall–Kier alpha value is -4.25. The summed E-state index contributed by atoms with van der Waals surface area (Å²) in [6.45, 7) is 1.60. The summed E-state index contributed by atoms with van der Waals surface area (Å²) in [5.41, 5.74) is 0.750. The molecule has 0 spiro atoms. The number of aromatic nitrogens is 3. The summed E-state index contributed by atoms with van der Waals surface area (Å²) < 4.78 is 54.6. The van der Waals surface area contributed by atoms with E-state index in [1.807, 2.05) is 0 Å². The Kier molecular flexibility index (Phi) is 6.16. The number of anilines is 1.